The third-order valence-corrected chi connectivity index (χ3v) is 4.42. The van der Waals surface area contributed by atoms with Gasteiger partial charge < -0.3 is 14.6 Å². The van der Waals surface area contributed by atoms with Crippen LogP contribution < -0.4 is 4.90 Å². The van der Waals surface area contributed by atoms with Crippen LogP contribution in [0, 0.1) is 5.92 Å². The van der Waals surface area contributed by atoms with Gasteiger partial charge in [0.05, 0.1) is 5.56 Å². The number of aliphatic hydroxyl groups excluding tert-OH is 1. The molecule has 0 radical (unpaired) electrons. The van der Waals surface area contributed by atoms with Crippen LogP contribution in [0.25, 0.3) is 0 Å². The van der Waals surface area contributed by atoms with E-state index in [-0.39, 0.29) is 5.92 Å². The number of anilines is 1. The highest BCUT2D eigenvalue weighted by molar-refractivity contribution is 5.42. The first-order valence-corrected chi connectivity index (χ1v) is 7.80. The van der Waals surface area contributed by atoms with Crippen LogP contribution in [0.15, 0.2) is 30.7 Å². The van der Waals surface area contributed by atoms with Gasteiger partial charge in [-0.15, -0.1) is 0 Å². The first-order chi connectivity index (χ1) is 11.4. The Balaban J connectivity index is 1.78. The number of imidazole rings is 1. The van der Waals surface area contributed by atoms with Crippen LogP contribution >= 0.6 is 0 Å². The summed E-state index contributed by atoms with van der Waals surface area (Å²) in [4.78, 5) is 10.0. The number of rotatable bonds is 3. The molecule has 130 valence electrons. The van der Waals surface area contributed by atoms with Gasteiger partial charge in [-0.1, -0.05) is 0 Å². The fourth-order valence-electron chi connectivity index (χ4n) is 3.12. The van der Waals surface area contributed by atoms with Crippen LogP contribution in [-0.2, 0) is 13.2 Å². The third-order valence-electron chi connectivity index (χ3n) is 4.42. The Morgan fingerprint density at radius 1 is 1.29 bits per heavy atom. The first kappa shape index (κ1) is 16.8. The molecule has 0 saturated carbocycles. The van der Waals surface area contributed by atoms with Crippen molar-refractivity contribution in [2.75, 3.05) is 18.0 Å². The van der Waals surface area contributed by atoms with Gasteiger partial charge in [0.15, 0.2) is 0 Å². The minimum atomic E-state index is -4.39. The Morgan fingerprint density at radius 2 is 2.08 bits per heavy atom. The minimum Gasteiger partial charge on any atom is -0.385 e. The highest BCUT2D eigenvalue weighted by Gasteiger charge is 2.33. The second-order valence-corrected chi connectivity index (χ2v) is 6.09. The van der Waals surface area contributed by atoms with Gasteiger partial charge in [0.25, 0.3) is 0 Å². The molecule has 0 aromatic carbocycles. The molecule has 5 nitrogen and oxygen atoms in total. The van der Waals surface area contributed by atoms with E-state index >= 15 is 0 Å². The van der Waals surface area contributed by atoms with Crippen LogP contribution in [0.4, 0.5) is 19.0 Å². The summed E-state index contributed by atoms with van der Waals surface area (Å²) in [6.45, 7) is 1.07. The van der Waals surface area contributed by atoms with E-state index in [2.05, 4.69) is 9.97 Å². The molecule has 2 aromatic heterocycles. The molecule has 24 heavy (non-hydrogen) atoms. The number of hydrogen-bond acceptors (Lipinski definition) is 4. The molecule has 1 saturated heterocycles. The highest BCUT2D eigenvalue weighted by atomic mass is 19.4. The summed E-state index contributed by atoms with van der Waals surface area (Å²) in [5.74, 6) is 0.761. The van der Waals surface area contributed by atoms with Gasteiger partial charge in [0, 0.05) is 44.6 Å². The van der Waals surface area contributed by atoms with E-state index in [1.54, 1.807) is 28.9 Å². The van der Waals surface area contributed by atoms with E-state index in [0.29, 0.717) is 24.7 Å². The summed E-state index contributed by atoms with van der Waals surface area (Å²) in [6, 6.07) is 2.03. The maximum atomic E-state index is 12.9. The van der Waals surface area contributed by atoms with Crippen LogP contribution in [0.1, 0.15) is 30.3 Å². The zero-order valence-electron chi connectivity index (χ0n) is 13.2. The van der Waals surface area contributed by atoms with Crippen molar-refractivity contribution in [1.82, 2.24) is 14.5 Å². The number of nitrogens with zero attached hydrogens (tertiary/aromatic N) is 4. The fraction of sp³-hybridized carbons (Fsp3) is 0.500. The van der Waals surface area contributed by atoms with Crippen molar-refractivity contribution in [1.29, 1.82) is 0 Å². The highest BCUT2D eigenvalue weighted by Crippen LogP contribution is 2.33. The van der Waals surface area contributed by atoms with Gasteiger partial charge in [0.1, 0.15) is 17.7 Å². The lowest BCUT2D eigenvalue weighted by Gasteiger charge is -2.35. The quantitative estimate of drug-likeness (QED) is 0.934. The predicted molar refractivity (Wildman–Crippen MR) is 82.3 cm³/mol. The van der Waals surface area contributed by atoms with Crippen molar-refractivity contribution >= 4 is 5.82 Å². The number of aromatic nitrogens is 3. The molecule has 2 aromatic rings. The fourth-order valence-corrected chi connectivity index (χ4v) is 3.12. The third kappa shape index (κ3) is 3.38. The lowest BCUT2D eigenvalue weighted by Crippen LogP contribution is -2.39. The van der Waals surface area contributed by atoms with Crippen LogP contribution in [-0.4, -0.2) is 32.7 Å². The average Bonchev–Trinajstić information content (AvgIpc) is 3.00. The summed E-state index contributed by atoms with van der Waals surface area (Å²) >= 11 is 0. The van der Waals surface area contributed by atoms with E-state index in [0.717, 1.165) is 25.0 Å². The molecule has 3 heterocycles. The van der Waals surface area contributed by atoms with E-state index in [4.69, 9.17) is 0 Å². The van der Waals surface area contributed by atoms with Crippen molar-refractivity contribution in [3.8, 4) is 0 Å². The molecule has 3 rings (SSSR count). The zero-order chi connectivity index (χ0) is 17.3. The molecule has 0 spiro atoms. The molecule has 2 unspecified atom stereocenters. The van der Waals surface area contributed by atoms with Crippen molar-refractivity contribution in [3.63, 3.8) is 0 Å². The standard InChI is InChI=1S/C16H19F3N4O/c1-22-8-6-21-15(22)14(24)11-3-2-7-23(10-11)13-9-12(4-5-20-13)16(17,18)19/h4-6,8-9,11,14,24H,2-3,7,10H2,1H3. The number of halogens is 3. The minimum absolute atomic E-state index is 0.101. The van der Waals surface area contributed by atoms with Gasteiger partial charge in [0.2, 0.25) is 0 Å². The summed E-state index contributed by atoms with van der Waals surface area (Å²) in [6.07, 6.45) is 0.990. The number of alkyl halides is 3. The molecule has 1 fully saturated rings. The van der Waals surface area contributed by atoms with E-state index in [9.17, 15) is 18.3 Å². The Morgan fingerprint density at radius 3 is 2.75 bits per heavy atom. The molecule has 1 N–H and O–H groups in total. The number of aliphatic hydroxyl groups is 1. The average molecular weight is 340 g/mol. The molecule has 8 heteroatoms. The van der Waals surface area contributed by atoms with E-state index < -0.39 is 17.8 Å². The maximum absolute atomic E-state index is 12.9. The number of hydrogen-bond donors (Lipinski definition) is 1. The predicted octanol–water partition coefficient (Wildman–Crippen LogP) is 2.78. The monoisotopic (exact) mass is 340 g/mol. The number of piperidine rings is 1. The van der Waals surface area contributed by atoms with Gasteiger partial charge >= 0.3 is 6.18 Å². The van der Waals surface area contributed by atoms with Gasteiger partial charge in [-0.05, 0) is 25.0 Å². The smallest absolute Gasteiger partial charge is 0.385 e. The van der Waals surface area contributed by atoms with Gasteiger partial charge in [-0.25, -0.2) is 9.97 Å². The second kappa shape index (κ2) is 6.43. The topological polar surface area (TPSA) is 54.2 Å². The van der Waals surface area contributed by atoms with Gasteiger partial charge in [-0.3, -0.25) is 0 Å². The van der Waals surface area contributed by atoms with Crippen LogP contribution in [0.3, 0.4) is 0 Å². The summed E-state index contributed by atoms with van der Waals surface area (Å²) in [5, 5.41) is 10.6. The van der Waals surface area contributed by atoms with Crippen molar-refractivity contribution < 1.29 is 18.3 Å². The van der Waals surface area contributed by atoms with Crippen molar-refractivity contribution in [2.24, 2.45) is 13.0 Å². The molecular formula is C16H19F3N4O. The van der Waals surface area contributed by atoms with Gasteiger partial charge in [-0.2, -0.15) is 13.2 Å². The first-order valence-electron chi connectivity index (χ1n) is 7.80. The second-order valence-electron chi connectivity index (χ2n) is 6.09. The maximum Gasteiger partial charge on any atom is 0.416 e. The Kier molecular flexibility index (Phi) is 4.49. The summed E-state index contributed by atoms with van der Waals surface area (Å²) in [5.41, 5.74) is -0.709. The molecule has 0 bridgehead atoms. The zero-order valence-corrected chi connectivity index (χ0v) is 13.2. The lowest BCUT2D eigenvalue weighted by molar-refractivity contribution is -0.137. The molecule has 2 atom stereocenters. The summed E-state index contributed by atoms with van der Waals surface area (Å²) in [7, 11) is 1.81. The normalized spacial score (nSPS) is 20.2. The van der Waals surface area contributed by atoms with Crippen LogP contribution in [0.5, 0.6) is 0 Å². The largest absolute Gasteiger partial charge is 0.416 e. The molecule has 0 amide bonds. The Labute approximate surface area is 137 Å². The van der Waals surface area contributed by atoms with Crippen molar-refractivity contribution in [2.45, 2.75) is 25.1 Å². The Hall–Kier alpha value is -2.09. The number of pyridine rings is 1. The number of aryl methyl sites for hydroxylation is 1. The Bertz CT molecular complexity index is 701. The molecule has 0 aliphatic carbocycles. The SMILES string of the molecule is Cn1ccnc1C(O)C1CCCN(c2cc(C(F)(F)F)ccn2)C1. The summed E-state index contributed by atoms with van der Waals surface area (Å²) < 4.78 is 40.4. The van der Waals surface area contributed by atoms with Crippen molar-refractivity contribution in [3.05, 3.63) is 42.1 Å². The van der Waals surface area contributed by atoms with E-state index in [1.165, 1.54) is 6.20 Å². The molecule has 1 aliphatic rings. The van der Waals surface area contributed by atoms with Crippen LogP contribution in [0.2, 0.25) is 0 Å². The lowest BCUT2D eigenvalue weighted by atomic mass is 9.92. The molecular weight excluding hydrogens is 321 g/mol. The molecule has 1 aliphatic heterocycles. The van der Waals surface area contributed by atoms with E-state index in [1.807, 2.05) is 0 Å².